The van der Waals surface area contributed by atoms with Crippen molar-refractivity contribution in [1.29, 1.82) is 0 Å². The summed E-state index contributed by atoms with van der Waals surface area (Å²) in [6.07, 6.45) is 9.41. The second-order valence-electron chi connectivity index (χ2n) is 6.85. The molecule has 0 atom stereocenters. The van der Waals surface area contributed by atoms with E-state index in [-0.39, 0.29) is 5.91 Å². The molecule has 128 valence electrons. The fraction of sp³-hybridized carbons (Fsp3) is 0.333. The van der Waals surface area contributed by atoms with E-state index in [9.17, 15) is 4.79 Å². The van der Waals surface area contributed by atoms with Crippen LogP contribution in [0.2, 0.25) is 0 Å². The van der Waals surface area contributed by atoms with Gasteiger partial charge >= 0.3 is 0 Å². The topological polar surface area (TPSA) is 37.6 Å². The smallest absolute Gasteiger partial charge is 0.227 e. The molecule has 4 rings (SSSR count). The van der Waals surface area contributed by atoms with E-state index in [4.69, 9.17) is 0 Å². The van der Waals surface area contributed by atoms with Crippen molar-refractivity contribution in [3.05, 3.63) is 66.6 Å². The first kappa shape index (κ1) is 15.9. The minimum Gasteiger partial charge on any atom is -0.306 e. The first-order valence-corrected chi connectivity index (χ1v) is 9.07. The molecule has 0 bridgehead atoms. The Bertz CT molecular complexity index is 850. The lowest BCUT2D eigenvalue weighted by Crippen LogP contribution is -2.32. The van der Waals surface area contributed by atoms with Crippen LogP contribution in [0.15, 0.2) is 60.9 Å². The van der Waals surface area contributed by atoms with E-state index < -0.39 is 0 Å². The van der Waals surface area contributed by atoms with E-state index in [0.29, 0.717) is 18.9 Å². The lowest BCUT2D eigenvalue weighted by atomic mass is 10.0. The quantitative estimate of drug-likeness (QED) is 0.692. The van der Waals surface area contributed by atoms with Gasteiger partial charge in [0.15, 0.2) is 0 Å². The molecular formula is C21H23N3O. The molecule has 2 aromatic heterocycles. The minimum absolute atomic E-state index is 0.212. The summed E-state index contributed by atoms with van der Waals surface area (Å²) >= 11 is 0. The first-order chi connectivity index (χ1) is 12.3. The molecule has 0 radical (unpaired) electrons. The number of rotatable bonds is 5. The van der Waals surface area contributed by atoms with Crippen molar-refractivity contribution in [1.82, 2.24) is 9.38 Å². The van der Waals surface area contributed by atoms with E-state index in [1.165, 1.54) is 25.7 Å². The summed E-state index contributed by atoms with van der Waals surface area (Å²) in [7, 11) is 0. The lowest BCUT2D eigenvalue weighted by Gasteiger charge is -2.24. The highest BCUT2D eigenvalue weighted by molar-refractivity contribution is 5.93. The molecule has 1 amide bonds. The summed E-state index contributed by atoms with van der Waals surface area (Å²) in [5, 5.41) is 0. The molecule has 0 unspecified atom stereocenters. The second-order valence-corrected chi connectivity index (χ2v) is 6.85. The third kappa shape index (κ3) is 3.43. The number of fused-ring (bicyclic) bond motifs is 1. The first-order valence-electron chi connectivity index (χ1n) is 9.07. The van der Waals surface area contributed by atoms with Crippen LogP contribution >= 0.6 is 0 Å². The highest BCUT2D eigenvalue weighted by atomic mass is 16.2. The Morgan fingerprint density at radius 1 is 1.08 bits per heavy atom. The zero-order valence-electron chi connectivity index (χ0n) is 14.3. The van der Waals surface area contributed by atoms with Gasteiger partial charge in [-0.05, 0) is 43.0 Å². The van der Waals surface area contributed by atoms with E-state index >= 15 is 0 Å². The average Bonchev–Trinajstić information content (AvgIpc) is 3.30. The van der Waals surface area contributed by atoms with Gasteiger partial charge in [0.2, 0.25) is 5.91 Å². The third-order valence-electron chi connectivity index (χ3n) is 5.12. The maximum atomic E-state index is 13.1. The maximum Gasteiger partial charge on any atom is 0.227 e. The normalized spacial score (nSPS) is 14.9. The minimum atomic E-state index is 0.212. The number of anilines is 1. The Morgan fingerprint density at radius 2 is 1.84 bits per heavy atom. The number of para-hydroxylation sites is 1. The molecule has 1 saturated carbocycles. The highest BCUT2D eigenvalue weighted by Gasteiger charge is 2.24. The van der Waals surface area contributed by atoms with E-state index in [1.807, 2.05) is 65.8 Å². The fourth-order valence-electron chi connectivity index (χ4n) is 3.77. The molecule has 25 heavy (non-hydrogen) atoms. The van der Waals surface area contributed by atoms with E-state index in [1.54, 1.807) is 0 Å². The summed E-state index contributed by atoms with van der Waals surface area (Å²) in [5.41, 5.74) is 2.89. The van der Waals surface area contributed by atoms with Crippen molar-refractivity contribution in [3.63, 3.8) is 0 Å². The number of hydrogen-bond acceptors (Lipinski definition) is 2. The van der Waals surface area contributed by atoms with Crippen LogP contribution in [0, 0.1) is 5.92 Å². The number of nitrogens with zero attached hydrogens (tertiary/aromatic N) is 3. The molecule has 4 nitrogen and oxygen atoms in total. The molecule has 0 N–H and O–H groups in total. The van der Waals surface area contributed by atoms with Gasteiger partial charge in [0.25, 0.3) is 0 Å². The third-order valence-corrected chi connectivity index (χ3v) is 5.12. The average molecular weight is 333 g/mol. The Kier molecular flexibility index (Phi) is 4.51. The molecule has 0 aliphatic heterocycles. The molecule has 1 aromatic carbocycles. The van der Waals surface area contributed by atoms with Crippen molar-refractivity contribution in [3.8, 4) is 0 Å². The predicted octanol–water partition coefficient (Wildman–Crippen LogP) is 4.45. The Hall–Kier alpha value is -2.62. The molecular weight excluding hydrogens is 310 g/mol. The summed E-state index contributed by atoms with van der Waals surface area (Å²) in [6.45, 7) is 0.542. The number of imidazole rings is 1. The van der Waals surface area contributed by atoms with Gasteiger partial charge in [-0.15, -0.1) is 0 Å². The van der Waals surface area contributed by atoms with Gasteiger partial charge in [0, 0.05) is 18.3 Å². The predicted molar refractivity (Wildman–Crippen MR) is 99.4 cm³/mol. The molecule has 1 fully saturated rings. The van der Waals surface area contributed by atoms with Gasteiger partial charge in [0.05, 0.1) is 18.4 Å². The van der Waals surface area contributed by atoms with Gasteiger partial charge in [-0.1, -0.05) is 37.1 Å². The Balaban J connectivity index is 1.62. The largest absolute Gasteiger partial charge is 0.306 e. The van der Waals surface area contributed by atoms with E-state index in [2.05, 4.69) is 9.38 Å². The van der Waals surface area contributed by atoms with Crippen LogP contribution in [0.25, 0.3) is 5.65 Å². The van der Waals surface area contributed by atoms with E-state index in [0.717, 1.165) is 17.0 Å². The molecule has 2 heterocycles. The number of aromatic nitrogens is 2. The van der Waals surface area contributed by atoms with Crippen LogP contribution < -0.4 is 4.90 Å². The number of carbonyl (C=O) groups excluding carboxylic acids is 1. The van der Waals surface area contributed by atoms with Gasteiger partial charge in [-0.25, -0.2) is 4.98 Å². The van der Waals surface area contributed by atoms with Crippen molar-refractivity contribution in [2.45, 2.75) is 38.6 Å². The SMILES string of the molecule is O=C(CC1CCCC1)N(Cc1cnc2ccccn12)c1ccccc1. The van der Waals surface area contributed by atoms with Crippen LogP contribution in [0.3, 0.4) is 0 Å². The van der Waals surface area contributed by atoms with Crippen molar-refractivity contribution in [2.24, 2.45) is 5.92 Å². The molecule has 0 saturated heterocycles. The highest BCUT2D eigenvalue weighted by Crippen LogP contribution is 2.29. The lowest BCUT2D eigenvalue weighted by molar-refractivity contribution is -0.119. The van der Waals surface area contributed by atoms with Crippen LogP contribution in [-0.2, 0) is 11.3 Å². The number of pyridine rings is 1. The summed E-state index contributed by atoms with van der Waals surface area (Å²) in [5.74, 6) is 0.755. The van der Waals surface area contributed by atoms with Gasteiger partial charge in [0.1, 0.15) is 5.65 Å². The summed E-state index contributed by atoms with van der Waals surface area (Å²) in [4.78, 5) is 19.4. The number of hydrogen-bond donors (Lipinski definition) is 0. The molecule has 4 heteroatoms. The molecule has 3 aromatic rings. The van der Waals surface area contributed by atoms with Crippen molar-refractivity contribution in [2.75, 3.05) is 4.90 Å². The maximum absolute atomic E-state index is 13.1. The van der Waals surface area contributed by atoms with Gasteiger partial charge < -0.3 is 9.30 Å². The zero-order valence-corrected chi connectivity index (χ0v) is 14.3. The molecule has 0 spiro atoms. The molecule has 1 aliphatic carbocycles. The Labute approximate surface area is 148 Å². The molecule has 1 aliphatic rings. The van der Waals surface area contributed by atoms with Crippen LogP contribution in [0.1, 0.15) is 37.8 Å². The summed E-state index contributed by atoms with van der Waals surface area (Å²) in [6, 6.07) is 15.9. The monoisotopic (exact) mass is 333 g/mol. The fourth-order valence-corrected chi connectivity index (χ4v) is 3.77. The zero-order chi connectivity index (χ0) is 17.1. The standard InChI is InChI=1S/C21H23N3O/c25-21(14-17-8-4-5-9-17)24(18-10-2-1-3-11-18)16-19-15-22-20-12-6-7-13-23(19)20/h1-3,6-7,10-13,15,17H,4-5,8-9,14,16H2. The number of benzene rings is 1. The van der Waals surface area contributed by atoms with Gasteiger partial charge in [-0.2, -0.15) is 0 Å². The van der Waals surface area contributed by atoms with Crippen molar-refractivity contribution >= 4 is 17.2 Å². The van der Waals surface area contributed by atoms with Crippen LogP contribution in [0.4, 0.5) is 5.69 Å². The van der Waals surface area contributed by atoms with Gasteiger partial charge in [-0.3, -0.25) is 4.79 Å². The summed E-state index contributed by atoms with van der Waals surface area (Å²) < 4.78 is 2.05. The number of amides is 1. The van der Waals surface area contributed by atoms with Crippen molar-refractivity contribution < 1.29 is 4.79 Å². The second kappa shape index (κ2) is 7.09. The van der Waals surface area contributed by atoms with Crippen LogP contribution in [0.5, 0.6) is 0 Å². The Morgan fingerprint density at radius 3 is 2.64 bits per heavy atom. The number of carbonyl (C=O) groups is 1. The van der Waals surface area contributed by atoms with Crippen LogP contribution in [-0.4, -0.2) is 15.3 Å².